The molecule has 1 N–H and O–H groups in total. The number of rotatable bonds is 4. The zero-order valence-electron chi connectivity index (χ0n) is 9.41. The van der Waals surface area contributed by atoms with Gasteiger partial charge in [0, 0.05) is 43.3 Å². The molecule has 0 aliphatic carbocycles. The molecule has 1 aromatic heterocycles. The maximum absolute atomic E-state index is 4.14. The summed E-state index contributed by atoms with van der Waals surface area (Å²) in [5, 5.41) is 3.15. The van der Waals surface area contributed by atoms with Gasteiger partial charge < -0.3 is 10.2 Å². The number of hydrogen-bond acceptors (Lipinski definition) is 3. The van der Waals surface area contributed by atoms with E-state index in [9.17, 15) is 0 Å². The van der Waals surface area contributed by atoms with Gasteiger partial charge in [-0.05, 0) is 27.0 Å². The number of aromatic nitrogens is 1. The van der Waals surface area contributed by atoms with Crippen LogP contribution in [0.3, 0.4) is 0 Å². The Balaban J connectivity index is 2.94. The van der Waals surface area contributed by atoms with Crippen LogP contribution in [0.5, 0.6) is 0 Å². The van der Waals surface area contributed by atoms with E-state index in [0.717, 1.165) is 6.54 Å². The predicted octanol–water partition coefficient (Wildman–Crippen LogP) is 1.65. The second-order valence-corrected chi connectivity index (χ2v) is 3.74. The van der Waals surface area contributed by atoms with Gasteiger partial charge in [0.05, 0.1) is 0 Å². The zero-order chi connectivity index (χ0) is 10.6. The van der Waals surface area contributed by atoms with Crippen molar-refractivity contribution in [2.45, 2.75) is 26.4 Å². The van der Waals surface area contributed by atoms with E-state index in [1.54, 1.807) is 0 Å². The summed E-state index contributed by atoms with van der Waals surface area (Å²) in [7, 11) is 4.06. The molecule has 1 rings (SSSR count). The highest BCUT2D eigenvalue weighted by Crippen LogP contribution is 2.19. The molecule has 1 aromatic rings. The van der Waals surface area contributed by atoms with E-state index in [0.29, 0.717) is 6.04 Å². The van der Waals surface area contributed by atoms with E-state index in [1.807, 2.05) is 19.4 Å². The highest BCUT2D eigenvalue weighted by molar-refractivity contribution is 5.52. The van der Waals surface area contributed by atoms with Crippen molar-refractivity contribution in [3.05, 3.63) is 24.0 Å². The minimum absolute atomic E-state index is 0.507. The topological polar surface area (TPSA) is 28.2 Å². The quantitative estimate of drug-likeness (QED) is 0.788. The third-order valence-corrected chi connectivity index (χ3v) is 2.40. The third-order valence-electron chi connectivity index (χ3n) is 2.40. The van der Waals surface area contributed by atoms with Crippen molar-refractivity contribution in [1.29, 1.82) is 0 Å². The van der Waals surface area contributed by atoms with Crippen LogP contribution in [0.2, 0.25) is 0 Å². The van der Waals surface area contributed by atoms with Gasteiger partial charge in [0.1, 0.15) is 0 Å². The summed E-state index contributed by atoms with van der Waals surface area (Å²) >= 11 is 0. The van der Waals surface area contributed by atoms with Crippen LogP contribution < -0.4 is 10.2 Å². The lowest BCUT2D eigenvalue weighted by Crippen LogP contribution is -2.27. The van der Waals surface area contributed by atoms with Crippen LogP contribution in [-0.4, -0.2) is 25.1 Å². The Morgan fingerprint density at radius 2 is 2.21 bits per heavy atom. The zero-order valence-corrected chi connectivity index (χ0v) is 9.41. The Morgan fingerprint density at radius 3 is 2.79 bits per heavy atom. The monoisotopic (exact) mass is 193 g/mol. The SMILES string of the molecule is CNCc1cnccc1N(C)C(C)C. The first-order chi connectivity index (χ1) is 6.66. The fourth-order valence-electron chi connectivity index (χ4n) is 1.37. The third kappa shape index (κ3) is 2.45. The highest BCUT2D eigenvalue weighted by Gasteiger charge is 2.08. The summed E-state index contributed by atoms with van der Waals surface area (Å²) < 4.78 is 0. The summed E-state index contributed by atoms with van der Waals surface area (Å²) in [4.78, 5) is 6.40. The molecule has 0 aromatic carbocycles. The summed E-state index contributed by atoms with van der Waals surface area (Å²) in [6.07, 6.45) is 3.76. The summed E-state index contributed by atoms with van der Waals surface area (Å²) in [6, 6.07) is 2.57. The van der Waals surface area contributed by atoms with Crippen molar-refractivity contribution in [2.75, 3.05) is 19.0 Å². The fraction of sp³-hybridized carbons (Fsp3) is 0.545. The Labute approximate surface area is 86.2 Å². The molecule has 0 aliphatic heterocycles. The number of hydrogen-bond donors (Lipinski definition) is 1. The number of anilines is 1. The average Bonchev–Trinajstić information content (AvgIpc) is 2.18. The minimum atomic E-state index is 0.507. The van der Waals surface area contributed by atoms with Crippen LogP contribution in [0, 0.1) is 0 Å². The first-order valence-electron chi connectivity index (χ1n) is 4.97. The van der Waals surface area contributed by atoms with E-state index in [-0.39, 0.29) is 0 Å². The minimum Gasteiger partial charge on any atom is -0.372 e. The Hall–Kier alpha value is -1.09. The molecule has 0 spiro atoms. The number of pyridine rings is 1. The molecule has 0 saturated carbocycles. The van der Waals surface area contributed by atoms with Gasteiger partial charge >= 0.3 is 0 Å². The Kier molecular flexibility index (Phi) is 3.89. The van der Waals surface area contributed by atoms with Crippen molar-refractivity contribution in [3.63, 3.8) is 0 Å². The van der Waals surface area contributed by atoms with Crippen LogP contribution in [-0.2, 0) is 6.54 Å². The first-order valence-corrected chi connectivity index (χ1v) is 4.97. The van der Waals surface area contributed by atoms with Gasteiger partial charge in [-0.1, -0.05) is 0 Å². The predicted molar refractivity (Wildman–Crippen MR) is 60.5 cm³/mol. The van der Waals surface area contributed by atoms with E-state index in [4.69, 9.17) is 0 Å². The summed E-state index contributed by atoms with van der Waals surface area (Å²) in [5.74, 6) is 0. The summed E-state index contributed by atoms with van der Waals surface area (Å²) in [5.41, 5.74) is 2.50. The van der Waals surface area contributed by atoms with E-state index < -0.39 is 0 Å². The Bertz CT molecular complexity index is 284. The largest absolute Gasteiger partial charge is 0.372 e. The van der Waals surface area contributed by atoms with Crippen molar-refractivity contribution in [2.24, 2.45) is 0 Å². The number of nitrogens with one attached hydrogen (secondary N) is 1. The molecule has 78 valence electrons. The van der Waals surface area contributed by atoms with Gasteiger partial charge in [0.15, 0.2) is 0 Å². The van der Waals surface area contributed by atoms with E-state index in [1.165, 1.54) is 11.3 Å². The van der Waals surface area contributed by atoms with Crippen molar-refractivity contribution in [1.82, 2.24) is 10.3 Å². The molecule has 0 aliphatic rings. The maximum atomic E-state index is 4.14. The molecular weight excluding hydrogens is 174 g/mol. The second-order valence-electron chi connectivity index (χ2n) is 3.74. The van der Waals surface area contributed by atoms with Gasteiger partial charge in [-0.25, -0.2) is 0 Å². The van der Waals surface area contributed by atoms with Crippen molar-refractivity contribution in [3.8, 4) is 0 Å². The average molecular weight is 193 g/mol. The molecule has 0 radical (unpaired) electrons. The lowest BCUT2D eigenvalue weighted by Gasteiger charge is -2.26. The van der Waals surface area contributed by atoms with Crippen molar-refractivity contribution >= 4 is 5.69 Å². The molecule has 0 fully saturated rings. The molecule has 3 nitrogen and oxygen atoms in total. The normalized spacial score (nSPS) is 10.6. The molecule has 14 heavy (non-hydrogen) atoms. The van der Waals surface area contributed by atoms with E-state index >= 15 is 0 Å². The van der Waals surface area contributed by atoms with Crippen LogP contribution in [0.4, 0.5) is 5.69 Å². The molecule has 1 heterocycles. The summed E-state index contributed by atoms with van der Waals surface area (Å²) in [6.45, 7) is 5.23. The standard InChI is InChI=1S/C11H19N3/c1-9(2)14(4)11-5-6-13-8-10(11)7-12-3/h5-6,8-9,12H,7H2,1-4H3. The van der Waals surface area contributed by atoms with Gasteiger partial charge in [-0.2, -0.15) is 0 Å². The molecule has 3 heteroatoms. The second kappa shape index (κ2) is 4.96. The van der Waals surface area contributed by atoms with E-state index in [2.05, 4.69) is 42.2 Å². The van der Waals surface area contributed by atoms with Crippen LogP contribution in [0.15, 0.2) is 18.5 Å². The fourth-order valence-corrected chi connectivity index (χ4v) is 1.37. The lowest BCUT2D eigenvalue weighted by molar-refractivity contribution is 0.737. The van der Waals surface area contributed by atoms with Gasteiger partial charge in [0.25, 0.3) is 0 Å². The molecular formula is C11H19N3. The van der Waals surface area contributed by atoms with Gasteiger partial charge in [-0.15, -0.1) is 0 Å². The lowest BCUT2D eigenvalue weighted by atomic mass is 10.2. The molecule has 0 bridgehead atoms. The Morgan fingerprint density at radius 1 is 1.50 bits per heavy atom. The molecule has 0 atom stereocenters. The highest BCUT2D eigenvalue weighted by atomic mass is 15.1. The molecule has 0 saturated heterocycles. The van der Waals surface area contributed by atoms with Crippen LogP contribution in [0.25, 0.3) is 0 Å². The maximum Gasteiger partial charge on any atom is 0.0442 e. The smallest absolute Gasteiger partial charge is 0.0442 e. The molecule has 0 amide bonds. The number of nitrogens with zero attached hydrogens (tertiary/aromatic N) is 2. The van der Waals surface area contributed by atoms with Crippen LogP contribution >= 0.6 is 0 Å². The van der Waals surface area contributed by atoms with Gasteiger partial charge in [-0.3, -0.25) is 4.98 Å². The molecule has 0 unspecified atom stereocenters. The van der Waals surface area contributed by atoms with Crippen molar-refractivity contribution < 1.29 is 0 Å². The van der Waals surface area contributed by atoms with Gasteiger partial charge in [0.2, 0.25) is 0 Å². The van der Waals surface area contributed by atoms with Crippen LogP contribution in [0.1, 0.15) is 19.4 Å². The first kappa shape index (κ1) is 11.0.